The molecule has 1 aliphatic rings. The molecule has 24 heavy (non-hydrogen) atoms. The minimum absolute atomic E-state index is 0.295. The Kier molecular flexibility index (Phi) is 6.97. The molecule has 0 spiro atoms. The number of rotatable bonds is 6. The summed E-state index contributed by atoms with van der Waals surface area (Å²) in [4.78, 5) is 23.7. The summed E-state index contributed by atoms with van der Waals surface area (Å²) >= 11 is 0. The minimum Gasteiger partial charge on any atom is -0.449 e. The van der Waals surface area contributed by atoms with Crippen molar-refractivity contribution in [2.24, 2.45) is 5.92 Å². The van der Waals surface area contributed by atoms with E-state index in [4.69, 9.17) is 4.74 Å². The number of nitrogens with one attached hydrogen (secondary N) is 1. The monoisotopic (exact) mass is 333 g/mol. The van der Waals surface area contributed by atoms with Crippen LogP contribution in [0.4, 0.5) is 4.39 Å². The first-order chi connectivity index (χ1) is 11.6. The summed E-state index contributed by atoms with van der Waals surface area (Å²) in [7, 11) is 0. The van der Waals surface area contributed by atoms with Gasteiger partial charge < -0.3 is 10.1 Å². The summed E-state index contributed by atoms with van der Waals surface area (Å²) in [6.07, 6.45) is 7.57. The lowest BCUT2D eigenvalue weighted by Gasteiger charge is -2.22. The standard InChI is InChI=1S/C19H24FNO3/c1-14(19(23)21-13-15-7-3-2-4-8-15)24-18(22)12-11-16-9-5-6-10-17(16)20/h5-6,9-12,14-15H,2-4,7-8,13H2,1H3,(H,21,23)/b12-11+/t14-/m0/s1. The first kappa shape index (κ1) is 18.2. The second-order valence-electron chi connectivity index (χ2n) is 6.18. The normalized spacial score (nSPS) is 16.8. The molecule has 0 saturated heterocycles. The van der Waals surface area contributed by atoms with Crippen LogP contribution < -0.4 is 5.32 Å². The molecule has 0 radical (unpaired) electrons. The average molecular weight is 333 g/mol. The van der Waals surface area contributed by atoms with Crippen molar-refractivity contribution in [1.29, 1.82) is 0 Å². The molecule has 1 amide bonds. The number of amides is 1. The Bertz CT molecular complexity index is 594. The van der Waals surface area contributed by atoms with Crippen LogP contribution >= 0.6 is 0 Å². The van der Waals surface area contributed by atoms with E-state index in [2.05, 4.69) is 5.32 Å². The van der Waals surface area contributed by atoms with Gasteiger partial charge in [-0.25, -0.2) is 9.18 Å². The third kappa shape index (κ3) is 5.80. The van der Waals surface area contributed by atoms with Gasteiger partial charge in [0.15, 0.2) is 6.10 Å². The van der Waals surface area contributed by atoms with Gasteiger partial charge in [0.25, 0.3) is 5.91 Å². The zero-order chi connectivity index (χ0) is 17.4. The predicted molar refractivity (Wildman–Crippen MR) is 90.6 cm³/mol. The van der Waals surface area contributed by atoms with E-state index >= 15 is 0 Å². The molecule has 2 rings (SSSR count). The summed E-state index contributed by atoms with van der Waals surface area (Å²) in [5.74, 6) is -0.863. The van der Waals surface area contributed by atoms with E-state index < -0.39 is 17.9 Å². The third-order valence-corrected chi connectivity index (χ3v) is 4.26. The van der Waals surface area contributed by atoms with Crippen LogP contribution in [0, 0.1) is 11.7 Å². The Labute approximate surface area is 142 Å². The molecule has 1 aromatic carbocycles. The van der Waals surface area contributed by atoms with E-state index in [1.54, 1.807) is 18.2 Å². The summed E-state index contributed by atoms with van der Waals surface area (Å²) in [5.41, 5.74) is 0.295. The lowest BCUT2D eigenvalue weighted by molar-refractivity contribution is -0.150. The molecule has 1 atom stereocenters. The Morgan fingerprint density at radius 3 is 2.71 bits per heavy atom. The van der Waals surface area contributed by atoms with Crippen LogP contribution in [0.2, 0.25) is 0 Å². The average Bonchev–Trinajstić information content (AvgIpc) is 2.59. The molecule has 1 aliphatic carbocycles. The van der Waals surface area contributed by atoms with Crippen LogP contribution in [-0.4, -0.2) is 24.5 Å². The number of esters is 1. The third-order valence-electron chi connectivity index (χ3n) is 4.26. The minimum atomic E-state index is -0.869. The van der Waals surface area contributed by atoms with Crippen molar-refractivity contribution in [1.82, 2.24) is 5.32 Å². The number of benzene rings is 1. The Hall–Kier alpha value is -2.17. The fourth-order valence-electron chi connectivity index (χ4n) is 2.82. The molecule has 1 fully saturated rings. The topological polar surface area (TPSA) is 55.4 Å². The summed E-state index contributed by atoms with van der Waals surface area (Å²) in [5, 5.41) is 2.84. The predicted octanol–water partition coefficient (Wildman–Crippen LogP) is 3.47. The van der Waals surface area contributed by atoms with Gasteiger partial charge in [-0.1, -0.05) is 37.5 Å². The summed E-state index contributed by atoms with van der Waals surface area (Å²) < 4.78 is 18.5. The van der Waals surface area contributed by atoms with Crippen molar-refractivity contribution in [2.45, 2.75) is 45.1 Å². The van der Waals surface area contributed by atoms with Crippen molar-refractivity contribution in [3.8, 4) is 0 Å². The van der Waals surface area contributed by atoms with Crippen LogP contribution in [0.1, 0.15) is 44.6 Å². The van der Waals surface area contributed by atoms with Crippen molar-refractivity contribution >= 4 is 18.0 Å². The molecule has 0 unspecified atom stereocenters. The number of halogens is 1. The molecule has 1 aromatic rings. The highest BCUT2D eigenvalue weighted by Crippen LogP contribution is 2.22. The van der Waals surface area contributed by atoms with Crippen LogP contribution in [0.5, 0.6) is 0 Å². The smallest absolute Gasteiger partial charge is 0.331 e. The molecular formula is C19H24FNO3. The number of hydrogen-bond donors (Lipinski definition) is 1. The zero-order valence-corrected chi connectivity index (χ0v) is 14.0. The second kappa shape index (κ2) is 9.21. The maximum absolute atomic E-state index is 13.4. The van der Waals surface area contributed by atoms with Gasteiger partial charge in [-0.2, -0.15) is 0 Å². The van der Waals surface area contributed by atoms with E-state index in [-0.39, 0.29) is 5.91 Å². The quantitative estimate of drug-likeness (QED) is 0.641. The molecule has 0 heterocycles. The first-order valence-electron chi connectivity index (χ1n) is 8.47. The van der Waals surface area contributed by atoms with Crippen molar-refractivity contribution in [3.63, 3.8) is 0 Å². The van der Waals surface area contributed by atoms with E-state index in [9.17, 15) is 14.0 Å². The highest BCUT2D eigenvalue weighted by molar-refractivity contribution is 5.90. The fourth-order valence-corrected chi connectivity index (χ4v) is 2.82. The maximum Gasteiger partial charge on any atom is 0.331 e. The fraction of sp³-hybridized carbons (Fsp3) is 0.474. The van der Waals surface area contributed by atoms with Gasteiger partial charge in [-0.15, -0.1) is 0 Å². The van der Waals surface area contributed by atoms with Gasteiger partial charge in [-0.05, 0) is 37.8 Å². The number of carbonyl (C=O) groups excluding carboxylic acids is 2. The van der Waals surface area contributed by atoms with E-state index in [1.165, 1.54) is 38.3 Å². The second-order valence-corrected chi connectivity index (χ2v) is 6.18. The molecular weight excluding hydrogens is 309 g/mol. The molecule has 0 aromatic heterocycles. The van der Waals surface area contributed by atoms with Crippen molar-refractivity contribution in [3.05, 3.63) is 41.7 Å². The number of hydrogen-bond acceptors (Lipinski definition) is 3. The zero-order valence-electron chi connectivity index (χ0n) is 14.0. The van der Waals surface area contributed by atoms with Crippen LogP contribution in [-0.2, 0) is 14.3 Å². The lowest BCUT2D eigenvalue weighted by atomic mass is 9.89. The lowest BCUT2D eigenvalue weighted by Crippen LogP contribution is -2.38. The van der Waals surface area contributed by atoms with Crippen molar-refractivity contribution in [2.75, 3.05) is 6.54 Å². The Morgan fingerprint density at radius 1 is 1.29 bits per heavy atom. The molecule has 4 nitrogen and oxygen atoms in total. The van der Waals surface area contributed by atoms with E-state index in [0.717, 1.165) is 18.9 Å². The molecule has 0 bridgehead atoms. The molecule has 130 valence electrons. The molecule has 0 aliphatic heterocycles. The van der Waals surface area contributed by atoms with Gasteiger partial charge in [0.05, 0.1) is 0 Å². The van der Waals surface area contributed by atoms with Gasteiger partial charge in [0.2, 0.25) is 0 Å². The van der Waals surface area contributed by atoms with Crippen molar-refractivity contribution < 1.29 is 18.7 Å². The van der Waals surface area contributed by atoms with Crippen LogP contribution in [0.25, 0.3) is 6.08 Å². The van der Waals surface area contributed by atoms with Gasteiger partial charge >= 0.3 is 5.97 Å². The van der Waals surface area contributed by atoms with Gasteiger partial charge in [-0.3, -0.25) is 4.79 Å². The number of carbonyl (C=O) groups is 2. The highest BCUT2D eigenvalue weighted by atomic mass is 19.1. The Morgan fingerprint density at radius 2 is 2.00 bits per heavy atom. The summed E-state index contributed by atoms with van der Waals surface area (Å²) in [6.45, 7) is 2.16. The van der Waals surface area contributed by atoms with Gasteiger partial charge in [0, 0.05) is 18.2 Å². The van der Waals surface area contributed by atoms with E-state index in [1.807, 2.05) is 0 Å². The van der Waals surface area contributed by atoms with Gasteiger partial charge in [0.1, 0.15) is 5.82 Å². The Balaban J connectivity index is 1.75. The molecule has 1 N–H and O–H groups in total. The van der Waals surface area contributed by atoms with Crippen LogP contribution in [0.3, 0.4) is 0 Å². The number of ether oxygens (including phenoxy) is 1. The SMILES string of the molecule is C[C@H](OC(=O)/C=C/c1ccccc1F)C(=O)NCC1CCCCC1. The largest absolute Gasteiger partial charge is 0.449 e. The first-order valence-corrected chi connectivity index (χ1v) is 8.47. The molecule has 1 saturated carbocycles. The maximum atomic E-state index is 13.4. The molecule has 5 heteroatoms. The van der Waals surface area contributed by atoms with E-state index in [0.29, 0.717) is 18.0 Å². The van der Waals surface area contributed by atoms with Crippen LogP contribution in [0.15, 0.2) is 30.3 Å². The summed E-state index contributed by atoms with van der Waals surface area (Å²) in [6, 6.07) is 6.12. The highest BCUT2D eigenvalue weighted by Gasteiger charge is 2.19.